The second kappa shape index (κ2) is 3.59. The van der Waals surface area contributed by atoms with Gasteiger partial charge >= 0.3 is 0 Å². The Morgan fingerprint density at radius 1 is 1.31 bits per heavy atom. The van der Waals surface area contributed by atoms with Gasteiger partial charge in [0.15, 0.2) is 0 Å². The lowest BCUT2D eigenvalue weighted by Crippen LogP contribution is -2.14. The second-order valence-electron chi connectivity index (χ2n) is 4.75. The maximum Gasteiger partial charge on any atom is 0.0725 e. The molecule has 16 heavy (non-hydrogen) atoms. The maximum atomic E-state index is 4.58. The molecule has 0 amide bonds. The third-order valence-electron chi connectivity index (χ3n) is 3.53. The van der Waals surface area contributed by atoms with Gasteiger partial charge in [-0.1, -0.05) is 6.08 Å². The molecule has 0 saturated carbocycles. The van der Waals surface area contributed by atoms with Crippen molar-refractivity contribution in [2.24, 2.45) is 0 Å². The first-order valence-corrected chi connectivity index (χ1v) is 5.82. The van der Waals surface area contributed by atoms with Gasteiger partial charge in [0.25, 0.3) is 0 Å². The molecule has 3 nitrogen and oxygen atoms in total. The van der Waals surface area contributed by atoms with Crippen LogP contribution in [0.1, 0.15) is 11.3 Å². The van der Waals surface area contributed by atoms with Crippen molar-refractivity contribution < 1.29 is 0 Å². The molecule has 0 aromatic carbocycles. The molecule has 84 valence electrons. The number of aromatic nitrogens is 1. The Balaban J connectivity index is 2.03. The van der Waals surface area contributed by atoms with Crippen LogP contribution in [0.2, 0.25) is 0 Å². The third-order valence-corrected chi connectivity index (χ3v) is 3.53. The van der Waals surface area contributed by atoms with E-state index >= 15 is 0 Å². The number of pyridine rings is 1. The molecule has 0 bridgehead atoms. The van der Waals surface area contributed by atoms with Crippen molar-refractivity contribution in [2.75, 3.05) is 38.6 Å². The monoisotopic (exact) mass is 215 g/mol. The van der Waals surface area contributed by atoms with E-state index in [2.05, 4.69) is 41.0 Å². The van der Waals surface area contributed by atoms with Crippen LogP contribution in [0.25, 0.3) is 5.57 Å². The van der Waals surface area contributed by atoms with Crippen LogP contribution in [0, 0.1) is 0 Å². The van der Waals surface area contributed by atoms with Crippen LogP contribution in [0.3, 0.4) is 0 Å². The lowest BCUT2D eigenvalue weighted by atomic mass is 10.0. The van der Waals surface area contributed by atoms with Crippen LogP contribution in [0.4, 0.5) is 5.69 Å². The fourth-order valence-electron chi connectivity index (χ4n) is 2.62. The molecule has 2 aliphatic heterocycles. The topological polar surface area (TPSA) is 19.4 Å². The summed E-state index contributed by atoms with van der Waals surface area (Å²) in [6.07, 6.45) is 5.38. The minimum Gasteiger partial charge on any atom is -0.374 e. The van der Waals surface area contributed by atoms with Crippen molar-refractivity contribution >= 4 is 11.3 Å². The number of hydrogen-bond acceptors (Lipinski definition) is 3. The predicted molar refractivity (Wildman–Crippen MR) is 66.7 cm³/mol. The van der Waals surface area contributed by atoms with Gasteiger partial charge in [-0.05, 0) is 25.1 Å². The molecule has 3 heterocycles. The van der Waals surface area contributed by atoms with E-state index in [9.17, 15) is 0 Å². The molecular weight excluding hydrogens is 198 g/mol. The number of likely N-dealkylation sites (N-methyl/N-ethyl adjacent to an activating group) is 2. The highest BCUT2D eigenvalue weighted by molar-refractivity contribution is 5.74. The van der Waals surface area contributed by atoms with E-state index in [4.69, 9.17) is 0 Å². The van der Waals surface area contributed by atoms with E-state index in [1.165, 1.54) is 22.5 Å². The highest BCUT2D eigenvalue weighted by Gasteiger charge is 2.23. The van der Waals surface area contributed by atoms with Crippen LogP contribution < -0.4 is 4.90 Å². The average Bonchev–Trinajstić information content (AvgIpc) is 2.86. The van der Waals surface area contributed by atoms with Gasteiger partial charge in [-0.3, -0.25) is 9.88 Å². The number of fused-ring (bicyclic) bond motifs is 1. The zero-order valence-electron chi connectivity index (χ0n) is 9.90. The van der Waals surface area contributed by atoms with Gasteiger partial charge in [0, 0.05) is 44.1 Å². The molecule has 0 saturated heterocycles. The van der Waals surface area contributed by atoms with E-state index in [1.54, 1.807) is 0 Å². The zero-order valence-corrected chi connectivity index (χ0v) is 9.90. The Morgan fingerprint density at radius 3 is 2.94 bits per heavy atom. The Morgan fingerprint density at radius 2 is 2.19 bits per heavy atom. The highest BCUT2D eigenvalue weighted by Crippen LogP contribution is 2.32. The number of hydrogen-bond donors (Lipinski definition) is 0. The molecule has 0 N–H and O–H groups in total. The Labute approximate surface area is 96.4 Å². The molecule has 0 atom stereocenters. The van der Waals surface area contributed by atoms with Gasteiger partial charge < -0.3 is 4.90 Å². The fourth-order valence-corrected chi connectivity index (χ4v) is 2.62. The van der Waals surface area contributed by atoms with Crippen molar-refractivity contribution in [2.45, 2.75) is 6.42 Å². The molecule has 2 aliphatic rings. The smallest absolute Gasteiger partial charge is 0.0725 e. The summed E-state index contributed by atoms with van der Waals surface area (Å²) in [5, 5.41) is 0. The Hall–Kier alpha value is -1.35. The van der Waals surface area contributed by atoms with Crippen LogP contribution >= 0.6 is 0 Å². The summed E-state index contributed by atoms with van der Waals surface area (Å²) < 4.78 is 0. The van der Waals surface area contributed by atoms with E-state index < -0.39 is 0 Å². The average molecular weight is 215 g/mol. The highest BCUT2D eigenvalue weighted by atomic mass is 15.1. The number of nitrogens with zero attached hydrogens (tertiary/aromatic N) is 3. The molecule has 1 aromatic rings. The van der Waals surface area contributed by atoms with Crippen molar-refractivity contribution in [1.82, 2.24) is 9.88 Å². The summed E-state index contributed by atoms with van der Waals surface area (Å²) in [5.41, 5.74) is 5.42. The first-order chi connectivity index (χ1) is 7.75. The van der Waals surface area contributed by atoms with Gasteiger partial charge in [-0.15, -0.1) is 0 Å². The zero-order chi connectivity index (χ0) is 11.1. The molecule has 0 unspecified atom stereocenters. The predicted octanol–water partition coefficient (Wildman–Crippen LogP) is 1.40. The first kappa shape index (κ1) is 9.85. The molecule has 3 rings (SSSR count). The number of rotatable bonds is 1. The molecule has 0 spiro atoms. The van der Waals surface area contributed by atoms with E-state index in [0.717, 1.165) is 26.1 Å². The van der Waals surface area contributed by atoms with Crippen LogP contribution in [0.5, 0.6) is 0 Å². The lowest BCUT2D eigenvalue weighted by molar-refractivity contribution is 0.438. The van der Waals surface area contributed by atoms with Gasteiger partial charge in [0.1, 0.15) is 0 Å². The summed E-state index contributed by atoms with van der Waals surface area (Å²) in [6.45, 7) is 3.21. The summed E-state index contributed by atoms with van der Waals surface area (Å²) in [4.78, 5) is 9.21. The largest absolute Gasteiger partial charge is 0.374 e. The van der Waals surface area contributed by atoms with Crippen molar-refractivity contribution in [1.29, 1.82) is 0 Å². The van der Waals surface area contributed by atoms with E-state index in [1.807, 2.05) is 6.20 Å². The van der Waals surface area contributed by atoms with E-state index in [0.29, 0.717) is 0 Å². The van der Waals surface area contributed by atoms with E-state index in [-0.39, 0.29) is 0 Å². The SMILES string of the molecule is CN1CC=C(c2nccc3c2CCN3C)C1. The van der Waals surface area contributed by atoms with Crippen LogP contribution in [-0.2, 0) is 6.42 Å². The molecule has 3 heteroatoms. The standard InChI is InChI=1S/C13H17N3/c1-15-7-4-10(9-15)13-11-5-8-16(2)12(11)3-6-14-13/h3-4,6H,5,7-9H2,1-2H3. The molecule has 0 fully saturated rings. The minimum absolute atomic E-state index is 1.03. The Bertz CT molecular complexity index is 450. The molecule has 1 aromatic heterocycles. The third kappa shape index (κ3) is 1.43. The normalized spacial score (nSPS) is 20.1. The van der Waals surface area contributed by atoms with Crippen LogP contribution in [0.15, 0.2) is 18.3 Å². The quantitative estimate of drug-likeness (QED) is 0.706. The minimum atomic E-state index is 1.03. The lowest BCUT2D eigenvalue weighted by Gasteiger charge is -2.13. The van der Waals surface area contributed by atoms with Crippen molar-refractivity contribution in [3.05, 3.63) is 29.6 Å². The maximum absolute atomic E-state index is 4.58. The summed E-state index contributed by atoms with van der Waals surface area (Å²) in [5.74, 6) is 0. The van der Waals surface area contributed by atoms with Gasteiger partial charge in [0.05, 0.1) is 5.69 Å². The molecule has 0 radical (unpaired) electrons. The van der Waals surface area contributed by atoms with Gasteiger partial charge in [-0.2, -0.15) is 0 Å². The second-order valence-corrected chi connectivity index (χ2v) is 4.75. The van der Waals surface area contributed by atoms with Gasteiger partial charge in [0.2, 0.25) is 0 Å². The summed E-state index contributed by atoms with van der Waals surface area (Å²) in [7, 11) is 4.31. The Kier molecular flexibility index (Phi) is 2.21. The van der Waals surface area contributed by atoms with Crippen molar-refractivity contribution in [3.8, 4) is 0 Å². The number of anilines is 1. The fraction of sp³-hybridized carbons (Fsp3) is 0.462. The van der Waals surface area contributed by atoms with Crippen LogP contribution in [-0.4, -0.2) is 43.6 Å². The molecular formula is C13H17N3. The molecule has 0 aliphatic carbocycles. The van der Waals surface area contributed by atoms with Gasteiger partial charge in [-0.25, -0.2) is 0 Å². The summed E-state index contributed by atoms with van der Waals surface area (Å²) in [6, 6.07) is 2.13. The van der Waals surface area contributed by atoms with Crippen molar-refractivity contribution in [3.63, 3.8) is 0 Å². The summed E-state index contributed by atoms with van der Waals surface area (Å²) >= 11 is 0. The first-order valence-electron chi connectivity index (χ1n) is 5.82.